The van der Waals surface area contributed by atoms with Crippen LogP contribution in [0.3, 0.4) is 0 Å². The van der Waals surface area contributed by atoms with E-state index < -0.39 is 6.10 Å². The number of para-hydroxylation sites is 1. The first kappa shape index (κ1) is 11.8. The number of aliphatic hydroxyl groups is 1. The molecule has 4 heteroatoms. The third-order valence-corrected chi connectivity index (χ3v) is 3.59. The fraction of sp³-hybridized carbons (Fsp3) is 0.500. The number of thioether (sulfide) groups is 1. The lowest BCUT2D eigenvalue weighted by Crippen LogP contribution is -2.20. The largest absolute Gasteiger partial charge is 0.475 e. The zero-order valence-electron chi connectivity index (χ0n) is 9.78. The second kappa shape index (κ2) is 4.28. The van der Waals surface area contributed by atoms with Crippen LogP contribution in [0.1, 0.15) is 25.5 Å². The van der Waals surface area contributed by atoms with Crippen LogP contribution in [0.25, 0.3) is 0 Å². The standard InChI is InChI=1S/C12H17NO2S/c1-12(2)15-11-8(9(14)7-13-3)5-4-6-10(11)16-12/h4-6,9,13-14H,7H2,1-3H3. The van der Waals surface area contributed by atoms with Crippen LogP contribution in [0.4, 0.5) is 0 Å². The number of nitrogens with one attached hydrogen (secondary N) is 1. The van der Waals surface area contributed by atoms with Crippen LogP contribution in [-0.2, 0) is 0 Å². The zero-order chi connectivity index (χ0) is 11.8. The van der Waals surface area contributed by atoms with E-state index in [2.05, 4.69) is 5.32 Å². The van der Waals surface area contributed by atoms with Crippen molar-refractivity contribution in [2.45, 2.75) is 29.8 Å². The number of benzene rings is 1. The van der Waals surface area contributed by atoms with Crippen molar-refractivity contribution < 1.29 is 9.84 Å². The van der Waals surface area contributed by atoms with Gasteiger partial charge in [0.1, 0.15) is 5.75 Å². The molecule has 2 rings (SSSR count). The molecule has 0 aliphatic carbocycles. The van der Waals surface area contributed by atoms with Crippen molar-refractivity contribution in [3.05, 3.63) is 23.8 Å². The Morgan fingerprint density at radius 1 is 1.50 bits per heavy atom. The average Bonchev–Trinajstić information content (AvgIpc) is 2.51. The van der Waals surface area contributed by atoms with Gasteiger partial charge in [0, 0.05) is 12.1 Å². The molecular weight excluding hydrogens is 222 g/mol. The predicted molar refractivity (Wildman–Crippen MR) is 65.9 cm³/mol. The summed E-state index contributed by atoms with van der Waals surface area (Å²) in [5.74, 6) is 0.834. The fourth-order valence-electron chi connectivity index (χ4n) is 1.82. The average molecular weight is 239 g/mol. The van der Waals surface area contributed by atoms with Crippen LogP contribution >= 0.6 is 11.8 Å². The zero-order valence-corrected chi connectivity index (χ0v) is 10.6. The number of ether oxygens (including phenoxy) is 1. The maximum Gasteiger partial charge on any atom is 0.153 e. The molecule has 0 radical (unpaired) electrons. The highest BCUT2D eigenvalue weighted by atomic mass is 32.2. The lowest BCUT2D eigenvalue weighted by atomic mass is 10.1. The Hall–Kier alpha value is -0.710. The summed E-state index contributed by atoms with van der Waals surface area (Å²) < 4.78 is 5.87. The molecule has 0 amide bonds. The molecule has 0 saturated carbocycles. The number of fused-ring (bicyclic) bond motifs is 1. The van der Waals surface area contributed by atoms with Crippen molar-refractivity contribution in [1.82, 2.24) is 5.32 Å². The minimum atomic E-state index is -0.519. The quantitative estimate of drug-likeness (QED) is 0.848. The number of likely N-dealkylation sites (N-methyl/N-ethyl adjacent to an activating group) is 1. The first-order valence-corrected chi connectivity index (χ1v) is 6.19. The Kier molecular flexibility index (Phi) is 3.15. The molecule has 3 nitrogen and oxygen atoms in total. The van der Waals surface area contributed by atoms with E-state index in [0.29, 0.717) is 6.54 Å². The normalized spacial score (nSPS) is 19.0. The highest BCUT2D eigenvalue weighted by molar-refractivity contribution is 8.00. The highest BCUT2D eigenvalue weighted by Crippen LogP contribution is 2.49. The van der Waals surface area contributed by atoms with E-state index in [1.54, 1.807) is 11.8 Å². The lowest BCUT2D eigenvalue weighted by molar-refractivity contribution is 0.161. The molecule has 1 atom stereocenters. The molecule has 1 unspecified atom stereocenters. The second-order valence-corrected chi connectivity index (χ2v) is 5.98. The topological polar surface area (TPSA) is 41.5 Å². The summed E-state index contributed by atoms with van der Waals surface area (Å²) in [5, 5.41) is 13.0. The maximum atomic E-state index is 10.0. The van der Waals surface area contributed by atoms with Gasteiger partial charge in [-0.25, -0.2) is 0 Å². The molecule has 1 aromatic rings. The van der Waals surface area contributed by atoms with Crippen LogP contribution in [-0.4, -0.2) is 23.6 Å². The van der Waals surface area contributed by atoms with Crippen molar-refractivity contribution in [3.8, 4) is 5.75 Å². The SMILES string of the molecule is CNCC(O)c1cccc2c1OC(C)(C)S2. The Balaban J connectivity index is 2.33. The summed E-state index contributed by atoms with van der Waals surface area (Å²) in [6.07, 6.45) is -0.519. The molecule has 1 aliphatic rings. The molecule has 1 aliphatic heterocycles. The summed E-state index contributed by atoms with van der Waals surface area (Å²) in [6, 6.07) is 5.91. The van der Waals surface area contributed by atoms with Crippen molar-refractivity contribution >= 4 is 11.8 Å². The van der Waals surface area contributed by atoms with Gasteiger partial charge in [0.2, 0.25) is 0 Å². The molecule has 0 fully saturated rings. The minimum Gasteiger partial charge on any atom is -0.475 e. The highest BCUT2D eigenvalue weighted by Gasteiger charge is 2.33. The summed E-state index contributed by atoms with van der Waals surface area (Å²) in [7, 11) is 1.83. The summed E-state index contributed by atoms with van der Waals surface area (Å²) in [4.78, 5) is 0.871. The van der Waals surface area contributed by atoms with E-state index in [1.165, 1.54) is 0 Å². The van der Waals surface area contributed by atoms with E-state index >= 15 is 0 Å². The van der Waals surface area contributed by atoms with Gasteiger partial charge in [-0.05, 0) is 27.0 Å². The maximum absolute atomic E-state index is 10.0. The third-order valence-electron chi connectivity index (χ3n) is 2.47. The summed E-state index contributed by atoms with van der Waals surface area (Å²) in [5.41, 5.74) is 0.866. The molecule has 0 saturated heterocycles. The first-order chi connectivity index (χ1) is 7.53. The number of aliphatic hydroxyl groups excluding tert-OH is 1. The Bertz CT molecular complexity index is 393. The van der Waals surface area contributed by atoms with Crippen molar-refractivity contribution in [2.24, 2.45) is 0 Å². The fourth-order valence-corrected chi connectivity index (χ4v) is 2.87. The smallest absolute Gasteiger partial charge is 0.153 e. The van der Waals surface area contributed by atoms with Crippen molar-refractivity contribution in [3.63, 3.8) is 0 Å². The third kappa shape index (κ3) is 2.19. The van der Waals surface area contributed by atoms with E-state index in [0.717, 1.165) is 16.2 Å². The Morgan fingerprint density at radius 3 is 2.94 bits per heavy atom. The molecule has 0 spiro atoms. The van der Waals surface area contributed by atoms with Crippen molar-refractivity contribution in [2.75, 3.05) is 13.6 Å². The van der Waals surface area contributed by atoms with E-state index in [9.17, 15) is 5.11 Å². The Morgan fingerprint density at radius 2 is 2.25 bits per heavy atom. The summed E-state index contributed by atoms with van der Waals surface area (Å²) in [6.45, 7) is 4.60. The van der Waals surface area contributed by atoms with Gasteiger partial charge in [-0.2, -0.15) is 0 Å². The van der Waals surface area contributed by atoms with Gasteiger partial charge in [-0.3, -0.25) is 0 Å². The van der Waals surface area contributed by atoms with Crippen LogP contribution < -0.4 is 10.1 Å². The van der Waals surface area contributed by atoms with E-state index in [-0.39, 0.29) is 4.93 Å². The molecule has 1 heterocycles. The van der Waals surface area contributed by atoms with Crippen LogP contribution in [0.15, 0.2) is 23.1 Å². The van der Waals surface area contributed by atoms with Crippen LogP contribution in [0.2, 0.25) is 0 Å². The predicted octanol–water partition coefficient (Wildman–Crippen LogP) is 2.16. The van der Waals surface area contributed by atoms with Crippen molar-refractivity contribution in [1.29, 1.82) is 0 Å². The molecule has 2 N–H and O–H groups in total. The lowest BCUT2D eigenvalue weighted by Gasteiger charge is -2.18. The Labute approximate surface area is 100 Å². The van der Waals surface area contributed by atoms with Gasteiger partial charge in [-0.15, -0.1) is 0 Å². The van der Waals surface area contributed by atoms with E-state index in [4.69, 9.17) is 4.74 Å². The molecule has 16 heavy (non-hydrogen) atoms. The first-order valence-electron chi connectivity index (χ1n) is 5.37. The van der Waals surface area contributed by atoms with Crippen LogP contribution in [0.5, 0.6) is 5.75 Å². The number of hydrogen-bond donors (Lipinski definition) is 2. The monoisotopic (exact) mass is 239 g/mol. The van der Waals surface area contributed by atoms with E-state index in [1.807, 2.05) is 39.1 Å². The molecular formula is C12H17NO2S. The molecule has 0 aromatic heterocycles. The second-order valence-electron chi connectivity index (χ2n) is 4.35. The van der Waals surface area contributed by atoms with Crippen LogP contribution in [0, 0.1) is 0 Å². The van der Waals surface area contributed by atoms with Gasteiger partial charge in [0.15, 0.2) is 4.93 Å². The number of rotatable bonds is 3. The molecule has 0 bridgehead atoms. The van der Waals surface area contributed by atoms with Gasteiger partial charge in [0.25, 0.3) is 0 Å². The van der Waals surface area contributed by atoms with Gasteiger partial charge in [-0.1, -0.05) is 23.9 Å². The van der Waals surface area contributed by atoms with Gasteiger partial charge >= 0.3 is 0 Å². The number of hydrogen-bond acceptors (Lipinski definition) is 4. The minimum absolute atomic E-state index is 0.238. The molecule has 88 valence electrons. The van der Waals surface area contributed by atoms with Gasteiger partial charge in [0.05, 0.1) is 11.0 Å². The van der Waals surface area contributed by atoms with Gasteiger partial charge < -0.3 is 15.2 Å². The summed E-state index contributed by atoms with van der Waals surface area (Å²) >= 11 is 1.69. The molecule has 1 aromatic carbocycles.